The Morgan fingerprint density at radius 3 is 2.28 bits per heavy atom. The smallest absolute Gasteiger partial charge is 0.293 e. The highest BCUT2D eigenvalue weighted by atomic mass is 35.5. The Morgan fingerprint density at radius 1 is 1.28 bits per heavy atom. The highest BCUT2D eigenvalue weighted by Crippen LogP contribution is 2.34. The number of Topliss-reactive ketones (excluding diaryl/α,β-unsaturated/α-hetero) is 1. The molecule has 0 bridgehead atoms. The van der Waals surface area contributed by atoms with Gasteiger partial charge in [-0.05, 0) is 18.2 Å². The van der Waals surface area contributed by atoms with Gasteiger partial charge in [0.1, 0.15) is 0 Å². The molecule has 1 rings (SSSR count). The first-order valence-corrected chi connectivity index (χ1v) is 5.98. The molecule has 0 aliphatic carbocycles. The molecule has 1 aromatic rings. The quantitative estimate of drug-likeness (QED) is 0.578. The zero-order valence-corrected chi connectivity index (χ0v) is 11.2. The molecule has 1 nitrogen and oxygen atoms in total. The molecule has 0 amide bonds. The van der Waals surface area contributed by atoms with Gasteiger partial charge in [0.15, 0.2) is 5.78 Å². The van der Waals surface area contributed by atoms with Crippen LogP contribution in [0.5, 0.6) is 0 Å². The van der Waals surface area contributed by atoms with Crippen molar-refractivity contribution in [2.45, 2.75) is 20.0 Å². The van der Waals surface area contributed by atoms with Crippen molar-refractivity contribution in [1.82, 2.24) is 0 Å². The van der Waals surface area contributed by atoms with Crippen LogP contribution in [0.3, 0.4) is 0 Å². The third-order valence-electron chi connectivity index (χ3n) is 2.49. The minimum Gasteiger partial charge on any atom is -0.293 e. The van der Waals surface area contributed by atoms with Crippen LogP contribution in [0.2, 0.25) is 5.02 Å². The van der Waals surface area contributed by atoms with Crippen molar-refractivity contribution in [3.8, 4) is 0 Å². The van der Waals surface area contributed by atoms with E-state index in [1.165, 1.54) is 0 Å². The van der Waals surface area contributed by atoms with Gasteiger partial charge >= 0.3 is 6.18 Å². The van der Waals surface area contributed by atoms with E-state index in [0.717, 1.165) is 18.2 Å². The lowest BCUT2D eigenvalue weighted by Gasteiger charge is -2.21. The second-order valence-corrected chi connectivity index (χ2v) is 5.21. The maximum Gasteiger partial charge on any atom is 0.416 e. The summed E-state index contributed by atoms with van der Waals surface area (Å²) in [5, 5.41) is -0.00816. The van der Waals surface area contributed by atoms with Crippen molar-refractivity contribution in [1.29, 1.82) is 0 Å². The lowest BCUT2D eigenvalue weighted by molar-refractivity contribution is -0.137. The van der Waals surface area contributed by atoms with Crippen LogP contribution in [-0.2, 0) is 6.18 Å². The number of ketones is 1. The number of benzene rings is 1. The van der Waals surface area contributed by atoms with E-state index in [4.69, 9.17) is 23.2 Å². The number of carbonyl (C=O) groups is 1. The fourth-order valence-corrected chi connectivity index (χ4v) is 1.63. The molecule has 0 fully saturated rings. The molecule has 1 aromatic carbocycles. The largest absolute Gasteiger partial charge is 0.416 e. The van der Waals surface area contributed by atoms with E-state index in [1.54, 1.807) is 13.8 Å². The van der Waals surface area contributed by atoms with Gasteiger partial charge in [0.05, 0.1) is 10.6 Å². The van der Waals surface area contributed by atoms with Gasteiger partial charge in [-0.3, -0.25) is 4.79 Å². The molecule has 0 aliphatic heterocycles. The van der Waals surface area contributed by atoms with Gasteiger partial charge in [0, 0.05) is 16.9 Å². The summed E-state index contributed by atoms with van der Waals surface area (Å²) >= 11 is 11.4. The van der Waals surface area contributed by atoms with Crippen LogP contribution >= 0.6 is 23.2 Å². The summed E-state index contributed by atoms with van der Waals surface area (Å²) in [6.07, 6.45) is -4.51. The molecule has 0 heterocycles. The topological polar surface area (TPSA) is 17.1 Å². The van der Waals surface area contributed by atoms with Crippen LogP contribution in [0, 0.1) is 5.41 Å². The van der Waals surface area contributed by atoms with E-state index < -0.39 is 22.9 Å². The lowest BCUT2D eigenvalue weighted by Crippen LogP contribution is -2.26. The first kappa shape index (κ1) is 15.3. The van der Waals surface area contributed by atoms with E-state index in [2.05, 4.69) is 0 Å². The maximum atomic E-state index is 12.6. The highest BCUT2D eigenvalue weighted by molar-refractivity contribution is 6.34. The molecule has 0 saturated carbocycles. The standard InChI is InChI=1S/C12H11Cl2F3O/c1-11(2,6-13)10(18)8-5-7(12(15,16)17)3-4-9(8)14/h3-5H,6H2,1-2H3. The molecule has 0 spiro atoms. The number of rotatable bonds is 3. The van der Waals surface area contributed by atoms with Gasteiger partial charge in [-0.25, -0.2) is 0 Å². The molecular weight excluding hydrogens is 288 g/mol. The fourth-order valence-electron chi connectivity index (χ4n) is 1.30. The van der Waals surface area contributed by atoms with Crippen molar-refractivity contribution in [2.24, 2.45) is 5.41 Å². The predicted octanol–water partition coefficient (Wildman–Crippen LogP) is 4.81. The van der Waals surface area contributed by atoms with E-state index in [1.807, 2.05) is 0 Å². The number of hydrogen-bond donors (Lipinski definition) is 0. The molecule has 0 aliphatic rings. The average molecular weight is 299 g/mol. The minimum absolute atomic E-state index is 0.00158. The lowest BCUT2D eigenvalue weighted by atomic mass is 9.86. The van der Waals surface area contributed by atoms with Crippen molar-refractivity contribution in [3.63, 3.8) is 0 Å². The Balaban J connectivity index is 3.29. The first-order chi connectivity index (χ1) is 8.09. The maximum absolute atomic E-state index is 12.6. The average Bonchev–Trinajstić information content (AvgIpc) is 2.27. The molecule has 6 heteroatoms. The minimum atomic E-state index is -4.51. The summed E-state index contributed by atoms with van der Waals surface area (Å²) in [7, 11) is 0. The Kier molecular flexibility index (Phi) is 4.34. The molecule has 0 radical (unpaired) electrons. The van der Waals surface area contributed by atoms with E-state index in [9.17, 15) is 18.0 Å². The second-order valence-electron chi connectivity index (χ2n) is 4.54. The number of halogens is 5. The fraction of sp³-hybridized carbons (Fsp3) is 0.417. The zero-order valence-electron chi connectivity index (χ0n) is 9.74. The first-order valence-electron chi connectivity index (χ1n) is 5.07. The third kappa shape index (κ3) is 3.18. The van der Waals surface area contributed by atoms with Crippen molar-refractivity contribution >= 4 is 29.0 Å². The van der Waals surface area contributed by atoms with Crippen LogP contribution in [0.1, 0.15) is 29.8 Å². The third-order valence-corrected chi connectivity index (χ3v) is 3.48. The van der Waals surface area contributed by atoms with Gasteiger partial charge in [-0.15, -0.1) is 11.6 Å². The van der Waals surface area contributed by atoms with Gasteiger partial charge in [0.2, 0.25) is 0 Å². The summed E-state index contributed by atoms with van der Waals surface area (Å²) in [6.45, 7) is 3.11. The Bertz CT molecular complexity index is 467. The summed E-state index contributed by atoms with van der Waals surface area (Å²) in [6, 6.07) is 2.67. The summed E-state index contributed by atoms with van der Waals surface area (Å²) in [5.74, 6) is -0.508. The van der Waals surface area contributed by atoms with Crippen LogP contribution in [-0.4, -0.2) is 11.7 Å². The van der Waals surface area contributed by atoms with Crippen LogP contribution in [0.15, 0.2) is 18.2 Å². The Labute approximate surface area is 113 Å². The summed E-state index contributed by atoms with van der Waals surface area (Å²) in [4.78, 5) is 12.1. The number of carbonyl (C=O) groups excluding carboxylic acids is 1. The molecule has 100 valence electrons. The molecule has 0 N–H and O–H groups in total. The second kappa shape index (κ2) is 5.10. The molecule has 0 unspecified atom stereocenters. The summed E-state index contributed by atoms with van der Waals surface area (Å²) < 4.78 is 37.7. The predicted molar refractivity (Wildman–Crippen MR) is 65.3 cm³/mol. The van der Waals surface area contributed by atoms with Crippen LogP contribution < -0.4 is 0 Å². The molecule has 0 aromatic heterocycles. The normalized spacial score (nSPS) is 12.6. The van der Waals surface area contributed by atoms with Gasteiger partial charge in [-0.1, -0.05) is 25.4 Å². The van der Waals surface area contributed by atoms with Gasteiger partial charge < -0.3 is 0 Å². The Hall–Kier alpha value is -0.740. The van der Waals surface area contributed by atoms with Crippen LogP contribution in [0.25, 0.3) is 0 Å². The van der Waals surface area contributed by atoms with Crippen LogP contribution in [0.4, 0.5) is 13.2 Å². The van der Waals surface area contributed by atoms with Crippen molar-refractivity contribution < 1.29 is 18.0 Å². The van der Waals surface area contributed by atoms with E-state index >= 15 is 0 Å². The van der Waals surface area contributed by atoms with E-state index in [-0.39, 0.29) is 16.5 Å². The Morgan fingerprint density at radius 2 is 1.83 bits per heavy atom. The molecule has 0 saturated heterocycles. The van der Waals surface area contributed by atoms with Crippen molar-refractivity contribution in [3.05, 3.63) is 34.3 Å². The monoisotopic (exact) mass is 298 g/mol. The zero-order chi connectivity index (χ0) is 14.1. The highest BCUT2D eigenvalue weighted by Gasteiger charge is 2.34. The SMILES string of the molecule is CC(C)(CCl)C(=O)c1cc(C(F)(F)F)ccc1Cl. The molecular formula is C12H11Cl2F3O. The number of hydrogen-bond acceptors (Lipinski definition) is 1. The van der Waals surface area contributed by atoms with Gasteiger partial charge in [-0.2, -0.15) is 13.2 Å². The number of alkyl halides is 4. The molecule has 18 heavy (non-hydrogen) atoms. The van der Waals surface area contributed by atoms with Crippen molar-refractivity contribution in [2.75, 3.05) is 5.88 Å². The molecule has 0 atom stereocenters. The van der Waals surface area contributed by atoms with E-state index in [0.29, 0.717) is 0 Å². The van der Waals surface area contributed by atoms with Gasteiger partial charge in [0.25, 0.3) is 0 Å². The summed E-state index contributed by atoms with van der Waals surface area (Å²) in [5.41, 5.74) is -2.02.